The van der Waals surface area contributed by atoms with Crippen LogP contribution in [0.4, 0.5) is 8.78 Å². The van der Waals surface area contributed by atoms with Crippen LogP contribution < -0.4 is 0 Å². The number of hydrogen-bond donors (Lipinski definition) is 0. The Hall–Kier alpha value is -1.45. The van der Waals surface area contributed by atoms with Gasteiger partial charge in [-0.15, -0.1) is 0 Å². The zero-order valence-electron chi connectivity index (χ0n) is 11.2. The number of alkyl halides is 2. The summed E-state index contributed by atoms with van der Waals surface area (Å²) in [5, 5.41) is 0.746. The van der Waals surface area contributed by atoms with Crippen LogP contribution in [-0.2, 0) is 11.5 Å². The molecular weight excluding hydrogens is 234 g/mol. The molecule has 2 rings (SSSR count). The molecular formula is C14H18F2N2. The quantitative estimate of drug-likeness (QED) is 0.779. The highest BCUT2D eigenvalue weighted by atomic mass is 19.3. The molecule has 2 heterocycles. The maximum atomic E-state index is 13.8. The van der Waals surface area contributed by atoms with E-state index in [1.807, 2.05) is 20.8 Å². The first-order chi connectivity index (χ1) is 8.25. The molecule has 98 valence electrons. The van der Waals surface area contributed by atoms with E-state index in [2.05, 4.69) is 4.98 Å². The van der Waals surface area contributed by atoms with Gasteiger partial charge in [-0.1, -0.05) is 27.7 Å². The normalized spacial score (nSPS) is 13.2. The van der Waals surface area contributed by atoms with E-state index in [1.54, 1.807) is 18.3 Å². The number of halogens is 2. The SMILES string of the molecule is CCC(F)(F)n1ccc2cnc(C(C)(C)C)cc21. The van der Waals surface area contributed by atoms with E-state index >= 15 is 0 Å². The maximum absolute atomic E-state index is 13.8. The van der Waals surface area contributed by atoms with Gasteiger partial charge in [-0.3, -0.25) is 9.55 Å². The molecule has 0 fully saturated rings. The molecule has 0 radical (unpaired) electrons. The lowest BCUT2D eigenvalue weighted by molar-refractivity contribution is -0.0802. The van der Waals surface area contributed by atoms with Gasteiger partial charge in [0.2, 0.25) is 0 Å². The summed E-state index contributed by atoms with van der Waals surface area (Å²) in [5.74, 6) is 0. The smallest absolute Gasteiger partial charge is 0.288 e. The van der Waals surface area contributed by atoms with Crippen LogP contribution in [0.5, 0.6) is 0 Å². The molecule has 2 aromatic heterocycles. The number of rotatable bonds is 2. The van der Waals surface area contributed by atoms with Crippen LogP contribution in [0.1, 0.15) is 39.8 Å². The van der Waals surface area contributed by atoms with Gasteiger partial charge in [-0.2, -0.15) is 8.78 Å². The van der Waals surface area contributed by atoms with E-state index in [4.69, 9.17) is 0 Å². The Morgan fingerprint density at radius 2 is 1.94 bits per heavy atom. The molecule has 18 heavy (non-hydrogen) atoms. The van der Waals surface area contributed by atoms with Crippen molar-refractivity contribution in [1.29, 1.82) is 0 Å². The van der Waals surface area contributed by atoms with Gasteiger partial charge in [0.25, 0.3) is 0 Å². The van der Waals surface area contributed by atoms with Crippen molar-refractivity contribution in [3.63, 3.8) is 0 Å². The van der Waals surface area contributed by atoms with Crippen LogP contribution in [0.15, 0.2) is 24.5 Å². The molecule has 0 bridgehead atoms. The fraction of sp³-hybridized carbons (Fsp3) is 0.500. The molecule has 0 N–H and O–H groups in total. The molecule has 0 aliphatic heterocycles. The van der Waals surface area contributed by atoms with Gasteiger partial charge in [-0.25, -0.2) is 0 Å². The van der Waals surface area contributed by atoms with Crippen molar-refractivity contribution < 1.29 is 8.78 Å². The van der Waals surface area contributed by atoms with Crippen molar-refractivity contribution in [2.24, 2.45) is 0 Å². The summed E-state index contributed by atoms with van der Waals surface area (Å²) in [4.78, 5) is 4.34. The Balaban J connectivity index is 2.64. The number of aromatic nitrogens is 2. The van der Waals surface area contributed by atoms with E-state index in [-0.39, 0.29) is 11.8 Å². The summed E-state index contributed by atoms with van der Waals surface area (Å²) >= 11 is 0. The highest BCUT2D eigenvalue weighted by Gasteiger charge is 2.30. The van der Waals surface area contributed by atoms with E-state index in [1.165, 1.54) is 13.1 Å². The summed E-state index contributed by atoms with van der Waals surface area (Å²) in [6.07, 6.45) is 2.88. The average molecular weight is 252 g/mol. The van der Waals surface area contributed by atoms with Crippen LogP contribution in [0.25, 0.3) is 10.9 Å². The molecule has 0 unspecified atom stereocenters. The molecule has 0 saturated carbocycles. The van der Waals surface area contributed by atoms with Crippen molar-refractivity contribution in [3.8, 4) is 0 Å². The van der Waals surface area contributed by atoms with Crippen molar-refractivity contribution in [3.05, 3.63) is 30.2 Å². The van der Waals surface area contributed by atoms with Crippen LogP contribution in [0, 0.1) is 0 Å². The number of hydrogen-bond acceptors (Lipinski definition) is 1. The molecule has 4 heteroatoms. The van der Waals surface area contributed by atoms with E-state index in [0.29, 0.717) is 5.52 Å². The molecule has 2 aromatic rings. The second-order valence-corrected chi connectivity index (χ2v) is 5.58. The second kappa shape index (κ2) is 4.04. The first-order valence-electron chi connectivity index (χ1n) is 6.11. The third kappa shape index (κ3) is 2.11. The summed E-state index contributed by atoms with van der Waals surface area (Å²) in [6.45, 7) is 7.54. The second-order valence-electron chi connectivity index (χ2n) is 5.58. The molecule has 0 amide bonds. The lowest BCUT2D eigenvalue weighted by Crippen LogP contribution is -2.21. The third-order valence-electron chi connectivity index (χ3n) is 3.12. The van der Waals surface area contributed by atoms with Crippen LogP contribution >= 0.6 is 0 Å². The summed E-state index contributed by atoms with van der Waals surface area (Å²) < 4.78 is 28.7. The van der Waals surface area contributed by atoms with E-state index in [9.17, 15) is 8.78 Å². The summed E-state index contributed by atoms with van der Waals surface area (Å²) in [5.41, 5.74) is 1.22. The molecule has 0 spiro atoms. The molecule has 0 saturated heterocycles. The van der Waals surface area contributed by atoms with E-state index in [0.717, 1.165) is 15.6 Å². The predicted octanol–water partition coefficient (Wildman–Crippen LogP) is 4.29. The first-order valence-corrected chi connectivity index (χ1v) is 6.11. The van der Waals surface area contributed by atoms with Gasteiger partial charge >= 0.3 is 6.05 Å². The van der Waals surface area contributed by atoms with Gasteiger partial charge in [0.05, 0.1) is 5.52 Å². The minimum atomic E-state index is -2.85. The third-order valence-corrected chi connectivity index (χ3v) is 3.12. The number of pyridine rings is 1. The fourth-order valence-electron chi connectivity index (χ4n) is 1.89. The maximum Gasteiger partial charge on any atom is 0.329 e. The van der Waals surface area contributed by atoms with Gasteiger partial charge in [0.1, 0.15) is 0 Å². The molecule has 0 atom stereocenters. The van der Waals surface area contributed by atoms with Crippen LogP contribution in [0.2, 0.25) is 0 Å². The van der Waals surface area contributed by atoms with Crippen LogP contribution in [0.3, 0.4) is 0 Å². The minimum absolute atomic E-state index is 0.148. The van der Waals surface area contributed by atoms with E-state index < -0.39 is 6.05 Å². The summed E-state index contributed by atoms with van der Waals surface area (Å²) in [6, 6.07) is 0.593. The van der Waals surface area contributed by atoms with Crippen molar-refractivity contribution in [2.75, 3.05) is 0 Å². The highest BCUT2D eigenvalue weighted by Crippen LogP contribution is 2.31. The van der Waals surface area contributed by atoms with Crippen molar-refractivity contribution >= 4 is 10.9 Å². The molecule has 0 aromatic carbocycles. The zero-order valence-corrected chi connectivity index (χ0v) is 11.2. The number of fused-ring (bicyclic) bond motifs is 1. The largest absolute Gasteiger partial charge is 0.329 e. The zero-order chi connectivity index (χ0) is 13.6. The summed E-state index contributed by atoms with van der Waals surface area (Å²) in [7, 11) is 0. The van der Waals surface area contributed by atoms with Crippen molar-refractivity contribution in [1.82, 2.24) is 9.55 Å². The Bertz CT molecular complexity index is 565. The Morgan fingerprint density at radius 3 is 2.50 bits per heavy atom. The predicted molar refractivity (Wildman–Crippen MR) is 68.9 cm³/mol. The van der Waals surface area contributed by atoms with Crippen LogP contribution in [-0.4, -0.2) is 9.55 Å². The van der Waals surface area contributed by atoms with Crippen molar-refractivity contribution in [2.45, 2.75) is 45.6 Å². The number of nitrogens with zero attached hydrogens (tertiary/aromatic N) is 2. The van der Waals surface area contributed by atoms with Gasteiger partial charge in [0.15, 0.2) is 0 Å². The Kier molecular flexibility index (Phi) is 2.92. The molecule has 0 aliphatic rings. The Morgan fingerprint density at radius 1 is 1.28 bits per heavy atom. The Labute approximate surface area is 106 Å². The lowest BCUT2D eigenvalue weighted by atomic mass is 9.91. The minimum Gasteiger partial charge on any atom is -0.288 e. The topological polar surface area (TPSA) is 17.8 Å². The standard InChI is InChI=1S/C14H18F2N2/c1-5-14(15,16)18-7-6-10-9-17-12(8-11(10)18)13(2,3)4/h6-9H,5H2,1-4H3. The van der Waals surface area contributed by atoms with Gasteiger partial charge in [0, 0.05) is 35.3 Å². The monoisotopic (exact) mass is 252 g/mol. The highest BCUT2D eigenvalue weighted by molar-refractivity contribution is 5.80. The first kappa shape index (κ1) is 13.0. The van der Waals surface area contributed by atoms with Gasteiger partial charge < -0.3 is 0 Å². The fourth-order valence-corrected chi connectivity index (χ4v) is 1.89. The van der Waals surface area contributed by atoms with Gasteiger partial charge in [-0.05, 0) is 12.1 Å². The average Bonchev–Trinajstić information content (AvgIpc) is 2.71. The lowest BCUT2D eigenvalue weighted by Gasteiger charge is -2.20. The molecule has 0 aliphatic carbocycles. The molecule has 2 nitrogen and oxygen atoms in total.